The number of benzene rings is 1. The van der Waals surface area contributed by atoms with Crippen molar-refractivity contribution >= 4 is 22.6 Å². The van der Waals surface area contributed by atoms with Gasteiger partial charge in [-0.05, 0) is 6.07 Å². The van der Waals surface area contributed by atoms with E-state index in [4.69, 9.17) is 9.52 Å². The van der Waals surface area contributed by atoms with Crippen LogP contribution >= 0.6 is 0 Å². The minimum absolute atomic E-state index is 0.102. The maximum Gasteiger partial charge on any atom is 0.342 e. The minimum atomic E-state index is -1.44. The first-order valence-electron chi connectivity index (χ1n) is 4.44. The highest BCUT2D eigenvalue weighted by atomic mass is 16.6. The molecule has 0 atom stereocenters. The number of carboxylic acid groups (broad SMARTS) is 1. The van der Waals surface area contributed by atoms with Crippen LogP contribution < -0.4 is 5.43 Å². The summed E-state index contributed by atoms with van der Waals surface area (Å²) in [5.41, 5.74) is -1.56. The number of nitro benzene ring substituents is 1. The number of non-ortho nitro benzene ring substituents is 1. The van der Waals surface area contributed by atoms with E-state index in [1.807, 2.05) is 0 Å². The minimum Gasteiger partial charge on any atom is -0.477 e. The molecular weight excluding hydrogens is 230 g/mol. The van der Waals surface area contributed by atoms with Gasteiger partial charge in [0.25, 0.3) is 5.69 Å². The van der Waals surface area contributed by atoms with Gasteiger partial charge in [0.05, 0.1) is 10.3 Å². The third kappa shape index (κ3) is 1.73. The second-order valence-corrected chi connectivity index (χ2v) is 3.22. The van der Waals surface area contributed by atoms with Crippen molar-refractivity contribution in [3.63, 3.8) is 0 Å². The van der Waals surface area contributed by atoms with Crippen molar-refractivity contribution in [1.82, 2.24) is 0 Å². The number of aromatic carboxylic acids is 1. The van der Waals surface area contributed by atoms with Crippen molar-refractivity contribution < 1.29 is 19.2 Å². The van der Waals surface area contributed by atoms with E-state index >= 15 is 0 Å². The SMILES string of the molecule is O=C(O)c1coc2ccc([N+](=O)[O-])cc2c1=O. The van der Waals surface area contributed by atoms with Gasteiger partial charge in [-0.15, -0.1) is 0 Å². The standard InChI is InChI=1S/C10H5NO6/c12-9-6-3-5(11(15)16)1-2-8(6)17-4-7(9)10(13)14/h1-4H,(H,13,14). The second kappa shape index (κ2) is 3.71. The Morgan fingerprint density at radius 3 is 2.71 bits per heavy atom. The molecule has 2 rings (SSSR count). The molecule has 7 heteroatoms. The molecule has 2 aromatic rings. The van der Waals surface area contributed by atoms with Gasteiger partial charge >= 0.3 is 5.97 Å². The van der Waals surface area contributed by atoms with Crippen molar-refractivity contribution in [3.8, 4) is 0 Å². The van der Waals surface area contributed by atoms with E-state index in [1.165, 1.54) is 12.1 Å². The average Bonchev–Trinajstić information content (AvgIpc) is 2.28. The highest BCUT2D eigenvalue weighted by Gasteiger charge is 2.15. The summed E-state index contributed by atoms with van der Waals surface area (Å²) < 4.78 is 4.92. The lowest BCUT2D eigenvalue weighted by Crippen LogP contribution is -2.14. The summed E-state index contributed by atoms with van der Waals surface area (Å²) in [7, 11) is 0. The van der Waals surface area contributed by atoms with Gasteiger partial charge in [0.2, 0.25) is 5.43 Å². The van der Waals surface area contributed by atoms with Crippen LogP contribution in [-0.4, -0.2) is 16.0 Å². The Hall–Kier alpha value is -2.70. The molecule has 0 aliphatic rings. The summed E-state index contributed by atoms with van der Waals surface area (Å²) in [5, 5.41) is 19.1. The molecule has 0 spiro atoms. The van der Waals surface area contributed by atoms with E-state index in [2.05, 4.69) is 0 Å². The van der Waals surface area contributed by atoms with Gasteiger partial charge in [-0.25, -0.2) is 4.79 Å². The van der Waals surface area contributed by atoms with Gasteiger partial charge in [-0.2, -0.15) is 0 Å². The van der Waals surface area contributed by atoms with Gasteiger partial charge in [-0.3, -0.25) is 14.9 Å². The average molecular weight is 235 g/mol. The summed E-state index contributed by atoms with van der Waals surface area (Å²) in [5.74, 6) is -1.44. The van der Waals surface area contributed by atoms with Crippen LogP contribution in [0.2, 0.25) is 0 Å². The van der Waals surface area contributed by atoms with E-state index in [-0.39, 0.29) is 16.7 Å². The fraction of sp³-hybridized carbons (Fsp3) is 0. The molecule has 0 radical (unpaired) electrons. The van der Waals surface area contributed by atoms with Crippen molar-refractivity contribution in [1.29, 1.82) is 0 Å². The topological polar surface area (TPSA) is 111 Å². The normalized spacial score (nSPS) is 10.4. The van der Waals surface area contributed by atoms with Gasteiger partial charge in [-0.1, -0.05) is 0 Å². The smallest absolute Gasteiger partial charge is 0.342 e. The van der Waals surface area contributed by atoms with Crippen molar-refractivity contribution in [2.24, 2.45) is 0 Å². The first-order chi connectivity index (χ1) is 8.00. The second-order valence-electron chi connectivity index (χ2n) is 3.22. The van der Waals surface area contributed by atoms with E-state index in [9.17, 15) is 19.7 Å². The molecule has 1 N–H and O–H groups in total. The van der Waals surface area contributed by atoms with Crippen molar-refractivity contribution in [3.05, 3.63) is 50.4 Å². The maximum absolute atomic E-state index is 11.7. The van der Waals surface area contributed by atoms with E-state index in [1.54, 1.807) is 0 Å². The molecule has 0 fully saturated rings. The number of carbonyl (C=O) groups is 1. The molecule has 86 valence electrons. The van der Waals surface area contributed by atoms with Crippen molar-refractivity contribution in [2.45, 2.75) is 0 Å². The number of rotatable bonds is 2. The Bertz CT molecular complexity index is 681. The maximum atomic E-state index is 11.7. The molecule has 0 amide bonds. The quantitative estimate of drug-likeness (QED) is 0.622. The van der Waals surface area contributed by atoms with Crippen LogP contribution in [0.3, 0.4) is 0 Å². The Kier molecular flexibility index (Phi) is 2.36. The van der Waals surface area contributed by atoms with E-state index in [0.717, 1.165) is 12.3 Å². The van der Waals surface area contributed by atoms with Crippen LogP contribution in [0.1, 0.15) is 10.4 Å². The van der Waals surface area contributed by atoms with Crippen LogP contribution in [-0.2, 0) is 0 Å². The van der Waals surface area contributed by atoms with Gasteiger partial charge in [0.1, 0.15) is 17.4 Å². The zero-order chi connectivity index (χ0) is 12.6. The predicted molar refractivity (Wildman–Crippen MR) is 56.1 cm³/mol. The molecule has 0 bridgehead atoms. The third-order valence-electron chi connectivity index (χ3n) is 2.20. The molecule has 17 heavy (non-hydrogen) atoms. The van der Waals surface area contributed by atoms with Crippen LogP contribution in [0.5, 0.6) is 0 Å². The van der Waals surface area contributed by atoms with Crippen LogP contribution in [0.25, 0.3) is 11.0 Å². The number of nitrogens with zero attached hydrogens (tertiary/aromatic N) is 1. The molecule has 7 nitrogen and oxygen atoms in total. The molecule has 0 saturated carbocycles. The fourth-order valence-corrected chi connectivity index (χ4v) is 1.38. The first-order valence-corrected chi connectivity index (χ1v) is 4.44. The largest absolute Gasteiger partial charge is 0.477 e. The molecular formula is C10H5NO6. The lowest BCUT2D eigenvalue weighted by Gasteiger charge is -1.98. The number of fused-ring (bicyclic) bond motifs is 1. The summed E-state index contributed by atoms with van der Waals surface area (Å²) in [4.78, 5) is 32.2. The Labute approximate surface area is 93.1 Å². The molecule has 1 heterocycles. The molecule has 0 aliphatic heterocycles. The lowest BCUT2D eigenvalue weighted by atomic mass is 10.1. The summed E-state index contributed by atoms with van der Waals surface area (Å²) in [6.45, 7) is 0. The molecule has 0 saturated heterocycles. The zero-order valence-corrected chi connectivity index (χ0v) is 8.25. The van der Waals surface area contributed by atoms with E-state index in [0.29, 0.717) is 0 Å². The highest BCUT2D eigenvalue weighted by Crippen LogP contribution is 2.18. The summed E-state index contributed by atoms with van der Waals surface area (Å²) in [6, 6.07) is 3.42. The molecule has 0 unspecified atom stereocenters. The Balaban J connectivity index is 2.83. The molecule has 0 aliphatic carbocycles. The summed E-state index contributed by atoms with van der Waals surface area (Å²) in [6.07, 6.45) is 0.818. The number of hydrogen-bond acceptors (Lipinski definition) is 5. The number of carboxylic acids is 1. The Morgan fingerprint density at radius 2 is 2.12 bits per heavy atom. The lowest BCUT2D eigenvalue weighted by molar-refractivity contribution is -0.384. The van der Waals surface area contributed by atoms with Crippen LogP contribution in [0, 0.1) is 10.1 Å². The summed E-state index contributed by atoms with van der Waals surface area (Å²) >= 11 is 0. The van der Waals surface area contributed by atoms with Crippen LogP contribution in [0.4, 0.5) is 5.69 Å². The van der Waals surface area contributed by atoms with Crippen molar-refractivity contribution in [2.75, 3.05) is 0 Å². The monoisotopic (exact) mass is 235 g/mol. The predicted octanol–water partition coefficient (Wildman–Crippen LogP) is 1.40. The van der Waals surface area contributed by atoms with Crippen LogP contribution in [0.15, 0.2) is 33.7 Å². The first kappa shape index (κ1) is 10.8. The number of hydrogen-bond donors (Lipinski definition) is 1. The zero-order valence-electron chi connectivity index (χ0n) is 8.25. The third-order valence-corrected chi connectivity index (χ3v) is 2.20. The molecule has 1 aromatic carbocycles. The van der Waals surface area contributed by atoms with Gasteiger partial charge in [0.15, 0.2) is 0 Å². The van der Waals surface area contributed by atoms with Gasteiger partial charge < -0.3 is 9.52 Å². The van der Waals surface area contributed by atoms with Gasteiger partial charge in [0, 0.05) is 12.1 Å². The number of nitro groups is 1. The Morgan fingerprint density at radius 1 is 1.41 bits per heavy atom. The fourth-order valence-electron chi connectivity index (χ4n) is 1.38. The highest BCUT2D eigenvalue weighted by molar-refractivity contribution is 5.91. The van der Waals surface area contributed by atoms with E-state index < -0.39 is 21.9 Å². The molecule has 1 aromatic heterocycles.